The summed E-state index contributed by atoms with van der Waals surface area (Å²) < 4.78 is 13.1. The van der Waals surface area contributed by atoms with Gasteiger partial charge in [0.2, 0.25) is 11.8 Å². The van der Waals surface area contributed by atoms with Crippen molar-refractivity contribution >= 4 is 22.7 Å². The summed E-state index contributed by atoms with van der Waals surface area (Å²) in [5.41, 5.74) is 9.35. The van der Waals surface area contributed by atoms with Gasteiger partial charge < -0.3 is 20.5 Å². The Morgan fingerprint density at radius 2 is 2.15 bits per heavy atom. The van der Waals surface area contributed by atoms with Crippen LogP contribution in [0.1, 0.15) is 31.9 Å². The van der Waals surface area contributed by atoms with Gasteiger partial charge in [0.1, 0.15) is 5.70 Å². The molecule has 1 fully saturated rings. The third kappa shape index (κ3) is 3.73. The molecule has 0 radical (unpaired) electrons. The summed E-state index contributed by atoms with van der Waals surface area (Å²) in [7, 11) is 0. The van der Waals surface area contributed by atoms with E-state index < -0.39 is 0 Å². The lowest BCUT2D eigenvalue weighted by molar-refractivity contribution is 0.0871. The molecule has 0 aromatic carbocycles. The predicted octanol–water partition coefficient (Wildman–Crippen LogP) is 1.73. The summed E-state index contributed by atoms with van der Waals surface area (Å²) >= 11 is 0. The molecule has 2 bridgehead atoms. The molecule has 4 heterocycles. The molecule has 9 heteroatoms. The lowest BCUT2D eigenvalue weighted by Crippen LogP contribution is -2.24. The number of hydrogen-bond acceptors (Lipinski definition) is 8. The summed E-state index contributed by atoms with van der Waals surface area (Å²) in [6, 6.07) is 0.228. The van der Waals surface area contributed by atoms with Crippen LogP contribution in [0, 0.1) is 6.92 Å². The molecule has 0 atom stereocenters. The van der Waals surface area contributed by atoms with Gasteiger partial charge in [-0.3, -0.25) is 4.99 Å². The van der Waals surface area contributed by atoms with E-state index in [4.69, 9.17) is 20.2 Å². The van der Waals surface area contributed by atoms with Crippen LogP contribution in [0.15, 0.2) is 22.8 Å². The Balaban J connectivity index is 1.70. The molecule has 9 nitrogen and oxygen atoms in total. The molecule has 4 rings (SSSR count). The number of rotatable bonds is 2. The molecule has 3 N–H and O–H groups in total. The van der Waals surface area contributed by atoms with Gasteiger partial charge in [0.25, 0.3) is 0 Å². The molecule has 2 aromatic rings. The average molecular weight is 371 g/mol. The second kappa shape index (κ2) is 7.51. The highest BCUT2D eigenvalue weighted by Crippen LogP contribution is 2.20. The number of anilines is 1. The highest BCUT2D eigenvalue weighted by molar-refractivity contribution is 6.01. The molecule has 2 aliphatic rings. The van der Waals surface area contributed by atoms with Crippen molar-refractivity contribution in [3.8, 4) is 0 Å². The Hall–Kier alpha value is -2.68. The topological polar surface area (TPSA) is 112 Å². The van der Waals surface area contributed by atoms with E-state index in [0.29, 0.717) is 30.7 Å². The van der Waals surface area contributed by atoms with Crippen LogP contribution in [0.25, 0.3) is 11.0 Å². The fraction of sp³-hybridized carbons (Fsp3) is 0.556. The quantitative estimate of drug-likeness (QED) is 0.773. The Bertz CT molecular complexity index is 896. The minimum absolute atomic E-state index is 0.228. The lowest BCUT2D eigenvalue weighted by Gasteiger charge is -2.20. The van der Waals surface area contributed by atoms with E-state index in [1.54, 1.807) is 6.20 Å². The number of nitrogens with one attached hydrogen (secondary N) is 1. The van der Waals surface area contributed by atoms with Crippen LogP contribution in [0.5, 0.6) is 0 Å². The fourth-order valence-electron chi connectivity index (χ4n) is 3.39. The Morgan fingerprint density at radius 1 is 1.33 bits per heavy atom. The normalized spacial score (nSPS) is 22.4. The minimum Gasteiger partial charge on any atom is -0.478 e. The van der Waals surface area contributed by atoms with Crippen LogP contribution in [-0.2, 0) is 16.0 Å². The molecule has 144 valence electrons. The van der Waals surface area contributed by atoms with Gasteiger partial charge in [0.05, 0.1) is 29.4 Å². The van der Waals surface area contributed by atoms with Gasteiger partial charge in [-0.15, -0.1) is 0 Å². The highest BCUT2D eigenvalue weighted by atomic mass is 16.5. The number of fused-ring (bicyclic) bond motifs is 1. The van der Waals surface area contributed by atoms with Gasteiger partial charge in [0, 0.05) is 32.4 Å². The average Bonchev–Trinajstić information content (AvgIpc) is 2.98. The third-order valence-electron chi connectivity index (χ3n) is 4.86. The van der Waals surface area contributed by atoms with Crippen LogP contribution < -0.4 is 11.1 Å². The fourth-order valence-corrected chi connectivity index (χ4v) is 3.39. The first kappa shape index (κ1) is 17.7. The van der Waals surface area contributed by atoms with E-state index in [1.165, 1.54) is 0 Å². The standard InChI is InChI=1S/C18H25N7O2/c1-11-14-10-20-18-22-15(12(2)21-13-4-8-26-9-5-13)16(19)27-7-3-6-25(24-11)17(14)23-18/h10,13H,3-9,19H2,1-2H3,(H,20,22,23)/b16-15-,21-12?. The van der Waals surface area contributed by atoms with Crippen LogP contribution in [0.2, 0.25) is 0 Å². The molecular weight excluding hydrogens is 346 g/mol. The van der Waals surface area contributed by atoms with Crippen molar-refractivity contribution in [2.75, 3.05) is 25.1 Å². The maximum atomic E-state index is 6.22. The zero-order valence-electron chi connectivity index (χ0n) is 15.7. The molecule has 2 aromatic heterocycles. The van der Waals surface area contributed by atoms with Crippen LogP contribution in [-0.4, -0.2) is 51.3 Å². The maximum Gasteiger partial charge on any atom is 0.229 e. The molecule has 2 aliphatic heterocycles. The van der Waals surface area contributed by atoms with Crippen molar-refractivity contribution in [3.63, 3.8) is 0 Å². The highest BCUT2D eigenvalue weighted by Gasteiger charge is 2.18. The monoisotopic (exact) mass is 371 g/mol. The first-order chi connectivity index (χ1) is 13.1. The first-order valence-electron chi connectivity index (χ1n) is 9.34. The van der Waals surface area contributed by atoms with E-state index in [-0.39, 0.29) is 6.04 Å². The third-order valence-corrected chi connectivity index (χ3v) is 4.86. The predicted molar refractivity (Wildman–Crippen MR) is 102 cm³/mol. The number of nitrogens with zero attached hydrogens (tertiary/aromatic N) is 5. The van der Waals surface area contributed by atoms with Gasteiger partial charge in [-0.25, -0.2) is 9.67 Å². The Kier molecular flexibility index (Phi) is 4.93. The van der Waals surface area contributed by atoms with Gasteiger partial charge in [-0.1, -0.05) is 0 Å². The van der Waals surface area contributed by atoms with Crippen LogP contribution in [0.3, 0.4) is 0 Å². The van der Waals surface area contributed by atoms with Crippen molar-refractivity contribution in [3.05, 3.63) is 23.5 Å². The number of aromatic nitrogens is 4. The SMILES string of the molecule is CC(=NC1CCOCC1)/C1=C(\N)OCCCn2nc(C)c3cnc(nc32)N1. The molecule has 27 heavy (non-hydrogen) atoms. The molecule has 1 saturated heterocycles. The second-order valence-electron chi connectivity index (χ2n) is 6.86. The van der Waals surface area contributed by atoms with Gasteiger partial charge in [-0.2, -0.15) is 10.1 Å². The van der Waals surface area contributed by atoms with Crippen molar-refractivity contribution in [2.45, 2.75) is 45.7 Å². The van der Waals surface area contributed by atoms with Crippen LogP contribution >= 0.6 is 0 Å². The molecule has 0 saturated carbocycles. The number of aryl methyl sites for hydroxylation is 2. The van der Waals surface area contributed by atoms with E-state index in [0.717, 1.165) is 54.9 Å². The van der Waals surface area contributed by atoms with Crippen molar-refractivity contribution in [1.29, 1.82) is 0 Å². The molecular formula is C18H25N7O2. The van der Waals surface area contributed by atoms with E-state index in [2.05, 4.69) is 20.4 Å². The number of allylic oxidation sites excluding steroid dienone is 1. The molecule has 0 aliphatic carbocycles. The number of aliphatic imine (C=N–C) groups is 1. The van der Waals surface area contributed by atoms with Crippen molar-refractivity contribution in [1.82, 2.24) is 19.7 Å². The summed E-state index contributed by atoms with van der Waals surface area (Å²) in [5.74, 6) is 0.761. The Labute approximate surface area is 157 Å². The van der Waals surface area contributed by atoms with Crippen molar-refractivity contribution in [2.24, 2.45) is 10.7 Å². The number of ether oxygens (including phenoxy) is 2. The number of hydrogen-bond donors (Lipinski definition) is 2. The van der Waals surface area contributed by atoms with Gasteiger partial charge in [0.15, 0.2) is 5.65 Å². The van der Waals surface area contributed by atoms with Gasteiger partial charge in [-0.05, 0) is 26.7 Å². The Morgan fingerprint density at radius 3 is 2.96 bits per heavy atom. The summed E-state index contributed by atoms with van der Waals surface area (Å²) in [5, 5.41) is 8.72. The largest absolute Gasteiger partial charge is 0.478 e. The molecule has 0 unspecified atom stereocenters. The summed E-state index contributed by atoms with van der Waals surface area (Å²) in [6.07, 6.45) is 4.39. The lowest BCUT2D eigenvalue weighted by atomic mass is 10.1. The zero-order chi connectivity index (χ0) is 18.8. The zero-order valence-corrected chi connectivity index (χ0v) is 15.7. The number of nitrogens with two attached hydrogens (primary N) is 1. The van der Waals surface area contributed by atoms with Gasteiger partial charge >= 0.3 is 0 Å². The molecule has 0 amide bonds. The molecule has 0 spiro atoms. The second-order valence-corrected chi connectivity index (χ2v) is 6.86. The van der Waals surface area contributed by atoms with Crippen molar-refractivity contribution < 1.29 is 9.47 Å². The maximum absolute atomic E-state index is 6.22. The van der Waals surface area contributed by atoms with E-state index in [9.17, 15) is 0 Å². The van der Waals surface area contributed by atoms with Crippen LogP contribution in [0.4, 0.5) is 5.95 Å². The summed E-state index contributed by atoms with van der Waals surface area (Å²) in [4.78, 5) is 13.9. The first-order valence-corrected chi connectivity index (χ1v) is 9.34. The minimum atomic E-state index is 0.228. The summed E-state index contributed by atoms with van der Waals surface area (Å²) in [6.45, 7) is 6.57. The smallest absolute Gasteiger partial charge is 0.229 e. The van der Waals surface area contributed by atoms with E-state index in [1.807, 2.05) is 18.5 Å². The van der Waals surface area contributed by atoms with E-state index >= 15 is 0 Å².